The molecular weight excluding hydrogens is 582 g/mol. The monoisotopic (exact) mass is 637 g/mol. The van der Waals surface area contributed by atoms with Crippen molar-refractivity contribution in [1.82, 2.24) is 15.5 Å². The van der Waals surface area contributed by atoms with Gasteiger partial charge in [0.15, 0.2) is 0 Å². The Kier molecular flexibility index (Phi) is 13.9. The largest absolute Gasteiger partial charge is 0.497 e. The molecule has 1 saturated carbocycles. The summed E-state index contributed by atoms with van der Waals surface area (Å²) in [6.45, 7) is 4.18. The predicted molar refractivity (Wildman–Crippen MR) is 179 cm³/mol. The van der Waals surface area contributed by atoms with Crippen LogP contribution in [0.1, 0.15) is 80.9 Å². The average Bonchev–Trinajstić information content (AvgIpc) is 3.57. The molecule has 0 radical (unpaired) electrons. The Balaban J connectivity index is 1.38. The topological polar surface area (TPSA) is 120 Å². The molecule has 0 bridgehead atoms. The molecule has 9 heteroatoms. The van der Waals surface area contributed by atoms with Crippen LogP contribution in [0.3, 0.4) is 0 Å². The highest BCUT2D eigenvalue weighted by Crippen LogP contribution is 2.40. The summed E-state index contributed by atoms with van der Waals surface area (Å²) in [4.78, 5) is 28.5. The SMILES string of the molecule is COCCCC[C@@](O)(c1ccccc1)[C@@H]1CCN(C(=O)C(=O)N[C@@H](CC2CCCCC2)[C@H](O)CNCc2cc(C)cc(OC)c2)C1. The van der Waals surface area contributed by atoms with Gasteiger partial charge in [-0.3, -0.25) is 9.59 Å². The molecule has 2 aromatic carbocycles. The van der Waals surface area contributed by atoms with Gasteiger partial charge < -0.3 is 35.2 Å². The van der Waals surface area contributed by atoms with E-state index in [1.807, 2.05) is 49.4 Å². The van der Waals surface area contributed by atoms with E-state index in [0.29, 0.717) is 51.4 Å². The van der Waals surface area contributed by atoms with Crippen molar-refractivity contribution < 1.29 is 29.3 Å². The van der Waals surface area contributed by atoms with Gasteiger partial charge in [-0.1, -0.05) is 68.5 Å². The summed E-state index contributed by atoms with van der Waals surface area (Å²) in [6, 6.07) is 15.1. The second kappa shape index (κ2) is 17.8. The van der Waals surface area contributed by atoms with Crippen LogP contribution >= 0.6 is 0 Å². The van der Waals surface area contributed by atoms with Crippen molar-refractivity contribution in [3.8, 4) is 5.75 Å². The first-order chi connectivity index (χ1) is 22.2. The number of aryl methyl sites for hydroxylation is 1. The molecule has 254 valence electrons. The lowest BCUT2D eigenvalue weighted by Crippen LogP contribution is -2.52. The lowest BCUT2D eigenvalue weighted by atomic mass is 9.77. The molecule has 1 aliphatic heterocycles. The number of aliphatic hydroxyl groups is 2. The molecule has 1 saturated heterocycles. The molecule has 2 amide bonds. The lowest BCUT2D eigenvalue weighted by Gasteiger charge is -2.35. The summed E-state index contributed by atoms with van der Waals surface area (Å²) in [5.41, 5.74) is 1.87. The highest BCUT2D eigenvalue weighted by Gasteiger charge is 2.44. The van der Waals surface area contributed by atoms with Crippen LogP contribution in [0.25, 0.3) is 0 Å². The molecule has 4 N–H and O–H groups in total. The van der Waals surface area contributed by atoms with E-state index in [-0.39, 0.29) is 12.5 Å². The maximum Gasteiger partial charge on any atom is 0.311 e. The van der Waals surface area contributed by atoms with Crippen LogP contribution in [-0.4, -0.2) is 79.5 Å². The number of hydrogen-bond acceptors (Lipinski definition) is 7. The molecule has 1 heterocycles. The Morgan fingerprint density at radius 1 is 1.04 bits per heavy atom. The fourth-order valence-electron chi connectivity index (χ4n) is 7.31. The first-order valence-electron chi connectivity index (χ1n) is 17.1. The highest BCUT2D eigenvalue weighted by molar-refractivity contribution is 6.35. The molecule has 46 heavy (non-hydrogen) atoms. The third kappa shape index (κ3) is 10.0. The standard InChI is InChI=1S/C37H55N3O6/c1-27-20-29(22-32(21-27)46-3)24-38-25-34(41)33(23-28-12-6-4-7-13-28)39-35(42)36(43)40-18-16-31(26-40)37(44,17-10-11-19-45-2)30-14-8-5-9-15-30/h5,8-9,14-15,20-22,28,31,33-34,38,41,44H,4,6-7,10-13,16-19,23-26H2,1-3H3,(H,39,42)/t31-,33+,34-,37-/m1/s1. The molecule has 9 nitrogen and oxygen atoms in total. The molecule has 2 aromatic rings. The number of aliphatic hydroxyl groups excluding tert-OH is 1. The fraction of sp³-hybridized carbons (Fsp3) is 0.622. The number of unbranched alkanes of at least 4 members (excludes halogenated alkanes) is 1. The fourth-order valence-corrected chi connectivity index (χ4v) is 7.31. The number of nitrogens with one attached hydrogen (secondary N) is 2. The number of hydrogen-bond donors (Lipinski definition) is 4. The Morgan fingerprint density at radius 3 is 2.52 bits per heavy atom. The van der Waals surface area contributed by atoms with E-state index in [9.17, 15) is 19.8 Å². The van der Waals surface area contributed by atoms with Crippen molar-refractivity contribution in [2.45, 2.75) is 95.4 Å². The van der Waals surface area contributed by atoms with Crippen molar-refractivity contribution >= 4 is 11.8 Å². The minimum Gasteiger partial charge on any atom is -0.497 e. The second-order valence-corrected chi connectivity index (χ2v) is 13.4. The van der Waals surface area contributed by atoms with Crippen molar-refractivity contribution in [3.63, 3.8) is 0 Å². The summed E-state index contributed by atoms with van der Waals surface area (Å²) in [5.74, 6) is -0.289. The summed E-state index contributed by atoms with van der Waals surface area (Å²) in [5, 5.41) is 29.6. The van der Waals surface area contributed by atoms with E-state index in [4.69, 9.17) is 9.47 Å². The zero-order valence-corrected chi connectivity index (χ0v) is 28.0. The van der Waals surface area contributed by atoms with Gasteiger partial charge in [0, 0.05) is 45.8 Å². The number of nitrogens with zero attached hydrogens (tertiary/aromatic N) is 1. The van der Waals surface area contributed by atoms with Gasteiger partial charge in [0.1, 0.15) is 5.75 Å². The first-order valence-corrected chi connectivity index (χ1v) is 17.1. The maximum absolute atomic E-state index is 13.5. The number of likely N-dealkylation sites (tertiary alicyclic amines) is 1. The normalized spacial score (nSPS) is 19.8. The van der Waals surface area contributed by atoms with Crippen molar-refractivity contribution in [3.05, 3.63) is 65.2 Å². The van der Waals surface area contributed by atoms with Crippen LogP contribution in [0.4, 0.5) is 0 Å². The molecular formula is C37H55N3O6. The van der Waals surface area contributed by atoms with E-state index in [1.165, 1.54) is 6.42 Å². The number of methoxy groups -OCH3 is 2. The summed E-state index contributed by atoms with van der Waals surface area (Å²) >= 11 is 0. The van der Waals surface area contributed by atoms with Gasteiger partial charge in [-0.25, -0.2) is 0 Å². The number of rotatable bonds is 16. The molecule has 0 spiro atoms. The van der Waals surface area contributed by atoms with E-state index in [0.717, 1.165) is 61.0 Å². The first kappa shape index (κ1) is 35.9. The second-order valence-electron chi connectivity index (χ2n) is 13.4. The zero-order chi connectivity index (χ0) is 32.9. The van der Waals surface area contributed by atoms with Crippen LogP contribution in [0.5, 0.6) is 5.75 Å². The van der Waals surface area contributed by atoms with Crippen LogP contribution in [-0.2, 0) is 26.5 Å². The minimum absolute atomic E-state index is 0.192. The van der Waals surface area contributed by atoms with Gasteiger partial charge in [0.2, 0.25) is 0 Å². The summed E-state index contributed by atoms with van der Waals surface area (Å²) in [6.07, 6.45) is 8.22. The van der Waals surface area contributed by atoms with Gasteiger partial charge >= 0.3 is 11.8 Å². The molecule has 2 fully saturated rings. The van der Waals surface area contributed by atoms with Crippen LogP contribution < -0.4 is 15.4 Å². The third-order valence-corrected chi connectivity index (χ3v) is 9.90. The quantitative estimate of drug-likeness (QED) is 0.159. The average molecular weight is 638 g/mol. The molecule has 2 aliphatic rings. The van der Waals surface area contributed by atoms with Gasteiger partial charge in [0.05, 0.1) is 24.9 Å². The van der Waals surface area contributed by atoms with Gasteiger partial charge in [-0.05, 0) is 73.8 Å². The van der Waals surface area contributed by atoms with Crippen LogP contribution in [0, 0.1) is 18.8 Å². The predicted octanol–water partition coefficient (Wildman–Crippen LogP) is 4.46. The Morgan fingerprint density at radius 2 is 1.80 bits per heavy atom. The Hall–Kier alpha value is -2.98. The van der Waals surface area contributed by atoms with E-state index >= 15 is 0 Å². The smallest absolute Gasteiger partial charge is 0.311 e. The Bertz CT molecular complexity index is 1240. The van der Waals surface area contributed by atoms with Crippen LogP contribution in [0.2, 0.25) is 0 Å². The summed E-state index contributed by atoms with van der Waals surface area (Å²) in [7, 11) is 3.32. The molecule has 1 aliphatic carbocycles. The lowest BCUT2D eigenvalue weighted by molar-refractivity contribution is -0.146. The number of benzene rings is 2. The van der Waals surface area contributed by atoms with Gasteiger partial charge in [-0.15, -0.1) is 0 Å². The molecule has 0 aromatic heterocycles. The number of amides is 2. The van der Waals surface area contributed by atoms with E-state index in [2.05, 4.69) is 16.7 Å². The van der Waals surface area contributed by atoms with Crippen molar-refractivity contribution in [2.24, 2.45) is 11.8 Å². The highest BCUT2D eigenvalue weighted by atomic mass is 16.5. The van der Waals surface area contributed by atoms with E-state index < -0.39 is 29.6 Å². The van der Waals surface area contributed by atoms with E-state index in [1.54, 1.807) is 19.1 Å². The minimum atomic E-state index is -1.10. The number of carbonyl (C=O) groups excluding carboxylic acids is 2. The molecule has 4 rings (SSSR count). The van der Waals surface area contributed by atoms with Crippen LogP contribution in [0.15, 0.2) is 48.5 Å². The zero-order valence-electron chi connectivity index (χ0n) is 28.0. The van der Waals surface area contributed by atoms with Gasteiger partial charge in [-0.2, -0.15) is 0 Å². The molecule has 0 unspecified atom stereocenters. The van der Waals surface area contributed by atoms with Crippen molar-refractivity contribution in [1.29, 1.82) is 0 Å². The Labute approximate surface area is 275 Å². The number of carbonyl (C=O) groups is 2. The summed E-state index contributed by atoms with van der Waals surface area (Å²) < 4.78 is 10.6. The molecule has 4 atom stereocenters. The maximum atomic E-state index is 13.5. The third-order valence-electron chi connectivity index (χ3n) is 9.90. The van der Waals surface area contributed by atoms with Gasteiger partial charge in [0.25, 0.3) is 0 Å². The van der Waals surface area contributed by atoms with Crippen molar-refractivity contribution in [2.75, 3.05) is 40.5 Å². The number of ether oxygens (including phenoxy) is 2.